The summed E-state index contributed by atoms with van der Waals surface area (Å²) in [6, 6.07) is 8.12. The predicted molar refractivity (Wildman–Crippen MR) is 111 cm³/mol. The molecule has 2 heterocycles. The third kappa shape index (κ3) is 2.96. The molecular weight excluding hydrogens is 380 g/mol. The number of fused-ring (bicyclic) bond motifs is 3. The van der Waals surface area contributed by atoms with Gasteiger partial charge in [0.25, 0.3) is 5.82 Å². The number of nitrogens with zero attached hydrogens (tertiary/aromatic N) is 3. The molecule has 3 aromatic rings. The Kier molecular flexibility index (Phi) is 4.32. The Hall–Kier alpha value is -2.93. The van der Waals surface area contributed by atoms with Crippen LogP contribution >= 0.6 is 0 Å². The molecule has 1 fully saturated rings. The van der Waals surface area contributed by atoms with Crippen molar-refractivity contribution in [1.29, 1.82) is 0 Å². The van der Waals surface area contributed by atoms with Crippen LogP contribution in [0.25, 0.3) is 10.9 Å². The molecule has 0 saturated heterocycles. The van der Waals surface area contributed by atoms with Crippen LogP contribution in [0.4, 0.5) is 0 Å². The molecule has 1 aromatic carbocycles. The van der Waals surface area contributed by atoms with Crippen LogP contribution in [0.2, 0.25) is 0 Å². The minimum absolute atomic E-state index is 0.0656. The van der Waals surface area contributed by atoms with Gasteiger partial charge < -0.3 is 15.0 Å². The van der Waals surface area contributed by atoms with Crippen LogP contribution < -0.4 is 10.3 Å². The highest BCUT2D eigenvalue weighted by atomic mass is 16.5. The first kappa shape index (κ1) is 19.1. The Morgan fingerprint density at radius 3 is 2.87 bits per heavy atom. The van der Waals surface area contributed by atoms with Crippen LogP contribution in [-0.2, 0) is 36.3 Å². The van der Waals surface area contributed by atoms with Gasteiger partial charge in [0.05, 0.1) is 5.92 Å². The topological polar surface area (TPSA) is 83.1 Å². The summed E-state index contributed by atoms with van der Waals surface area (Å²) in [5, 5.41) is 1.05. The second-order valence-electron chi connectivity index (χ2n) is 8.68. The summed E-state index contributed by atoms with van der Waals surface area (Å²) >= 11 is 0. The van der Waals surface area contributed by atoms with Crippen molar-refractivity contribution in [3.63, 3.8) is 0 Å². The van der Waals surface area contributed by atoms with Crippen LogP contribution in [0.1, 0.15) is 41.1 Å². The molecule has 2 N–H and O–H groups in total. The number of rotatable bonds is 5. The fourth-order valence-electron chi connectivity index (χ4n) is 4.55. The molecule has 1 saturated carbocycles. The third-order valence-corrected chi connectivity index (χ3v) is 6.78. The van der Waals surface area contributed by atoms with E-state index >= 15 is 0 Å². The minimum Gasteiger partial charge on any atom is -0.423 e. The summed E-state index contributed by atoms with van der Waals surface area (Å²) in [5.41, 5.74) is 8.25. The predicted octanol–water partition coefficient (Wildman–Crippen LogP) is 2.01. The molecule has 7 nitrogen and oxygen atoms in total. The number of ketones is 1. The number of hydrogen-bond donors (Lipinski definition) is 1. The molecule has 1 unspecified atom stereocenters. The fourth-order valence-corrected chi connectivity index (χ4v) is 4.55. The first-order valence-corrected chi connectivity index (χ1v) is 10.5. The molecule has 0 radical (unpaired) electrons. The average molecular weight is 407 g/mol. The van der Waals surface area contributed by atoms with E-state index in [1.165, 1.54) is 0 Å². The van der Waals surface area contributed by atoms with Gasteiger partial charge in [-0.3, -0.25) is 4.79 Å². The SMILES string of the molecule is Cc1n(CC2CCc3c(c4ccccc4n3C)C2=O)cc[n+]1COC(=O)C1(N)CC1. The zero-order valence-electron chi connectivity index (χ0n) is 17.4. The van der Waals surface area contributed by atoms with Crippen molar-refractivity contribution in [1.82, 2.24) is 9.13 Å². The van der Waals surface area contributed by atoms with E-state index in [-0.39, 0.29) is 24.4 Å². The standard InChI is InChI=1S/C23H27N4O3/c1-15-26(11-12-27(15)14-30-22(29)23(24)9-10-23)13-16-7-8-19-20(21(16)28)17-5-3-4-6-18(17)25(19)2/h3-6,11-12,16H,7-10,13-14,24H2,1-2H3/q+1. The van der Waals surface area contributed by atoms with Crippen LogP contribution in [0.3, 0.4) is 0 Å². The summed E-state index contributed by atoms with van der Waals surface area (Å²) in [6.45, 7) is 2.73. The second-order valence-corrected chi connectivity index (χ2v) is 8.68. The van der Waals surface area contributed by atoms with Crippen molar-refractivity contribution in [2.75, 3.05) is 0 Å². The molecule has 2 aromatic heterocycles. The summed E-state index contributed by atoms with van der Waals surface area (Å²) in [4.78, 5) is 25.4. The number of carbonyl (C=O) groups excluding carboxylic acids is 2. The lowest BCUT2D eigenvalue weighted by Crippen LogP contribution is -2.42. The number of esters is 1. The van der Waals surface area contributed by atoms with Gasteiger partial charge in [0.1, 0.15) is 24.5 Å². The van der Waals surface area contributed by atoms with Gasteiger partial charge in [-0.2, -0.15) is 4.57 Å². The molecule has 0 bridgehead atoms. The number of benzene rings is 1. The number of hydrogen-bond acceptors (Lipinski definition) is 4. The van der Waals surface area contributed by atoms with E-state index in [9.17, 15) is 9.59 Å². The first-order chi connectivity index (χ1) is 14.4. The van der Waals surface area contributed by atoms with Crippen LogP contribution in [0, 0.1) is 12.8 Å². The van der Waals surface area contributed by atoms with Gasteiger partial charge in [-0.05, 0) is 31.7 Å². The Morgan fingerprint density at radius 1 is 1.33 bits per heavy atom. The van der Waals surface area contributed by atoms with Crippen molar-refractivity contribution in [3.05, 3.63) is 53.7 Å². The Balaban J connectivity index is 1.34. The molecule has 0 amide bonds. The van der Waals surface area contributed by atoms with Crippen molar-refractivity contribution in [3.8, 4) is 0 Å². The summed E-state index contributed by atoms with van der Waals surface area (Å²) in [7, 11) is 2.04. The Labute approximate surface area is 175 Å². The lowest BCUT2D eigenvalue weighted by molar-refractivity contribution is -0.732. The summed E-state index contributed by atoms with van der Waals surface area (Å²) in [6.07, 6.45) is 6.94. The van der Waals surface area contributed by atoms with Gasteiger partial charge in [-0.15, -0.1) is 0 Å². The van der Waals surface area contributed by atoms with Crippen LogP contribution in [0.15, 0.2) is 36.7 Å². The number of aromatic nitrogens is 3. The maximum absolute atomic E-state index is 13.4. The maximum atomic E-state index is 13.4. The van der Waals surface area contributed by atoms with Crippen molar-refractivity contribution >= 4 is 22.7 Å². The zero-order valence-corrected chi connectivity index (χ0v) is 17.4. The van der Waals surface area contributed by atoms with Crippen LogP contribution in [-0.4, -0.2) is 26.4 Å². The maximum Gasteiger partial charge on any atom is 0.329 e. The number of Topliss-reactive ketones (excluding diaryl/α,β-unsaturated/α-hetero) is 1. The lowest BCUT2D eigenvalue weighted by Gasteiger charge is -2.21. The number of imidazole rings is 1. The van der Waals surface area contributed by atoms with E-state index < -0.39 is 5.54 Å². The van der Waals surface area contributed by atoms with Gasteiger partial charge in [0, 0.05) is 36.1 Å². The summed E-state index contributed by atoms with van der Waals surface area (Å²) in [5.74, 6) is 0.761. The largest absolute Gasteiger partial charge is 0.423 e. The summed E-state index contributed by atoms with van der Waals surface area (Å²) < 4.78 is 11.5. The van der Waals surface area contributed by atoms with Gasteiger partial charge in [0.15, 0.2) is 5.78 Å². The average Bonchev–Trinajstić information content (AvgIpc) is 3.32. The molecule has 2 aliphatic rings. The molecule has 0 aliphatic heterocycles. The van der Waals surface area contributed by atoms with Crippen LogP contribution in [0.5, 0.6) is 0 Å². The third-order valence-electron chi connectivity index (χ3n) is 6.78. The smallest absolute Gasteiger partial charge is 0.329 e. The van der Waals surface area contributed by atoms with E-state index in [0.29, 0.717) is 19.4 Å². The monoisotopic (exact) mass is 407 g/mol. The highest BCUT2D eigenvalue weighted by molar-refractivity contribution is 6.11. The quantitative estimate of drug-likeness (QED) is 0.518. The number of aryl methyl sites for hydroxylation is 1. The number of nitrogens with two attached hydrogens (primary N) is 1. The molecule has 1 atom stereocenters. The van der Waals surface area contributed by atoms with Crippen molar-refractivity contribution in [2.45, 2.75) is 51.4 Å². The van der Waals surface area contributed by atoms with Gasteiger partial charge in [-0.1, -0.05) is 18.2 Å². The highest BCUT2D eigenvalue weighted by Crippen LogP contribution is 2.35. The zero-order chi connectivity index (χ0) is 21.0. The first-order valence-electron chi connectivity index (χ1n) is 10.5. The van der Waals surface area contributed by atoms with Crippen molar-refractivity contribution < 1.29 is 18.9 Å². The minimum atomic E-state index is -0.776. The molecule has 30 heavy (non-hydrogen) atoms. The van der Waals surface area contributed by atoms with E-state index in [0.717, 1.165) is 40.8 Å². The Bertz CT molecular complexity index is 1170. The van der Waals surface area contributed by atoms with E-state index in [1.807, 2.05) is 49.1 Å². The second kappa shape index (κ2) is 6.80. The molecule has 156 valence electrons. The highest BCUT2D eigenvalue weighted by Gasteiger charge is 2.48. The molecule has 5 rings (SSSR count). The Morgan fingerprint density at radius 2 is 2.10 bits per heavy atom. The van der Waals surface area contributed by atoms with Gasteiger partial charge >= 0.3 is 5.97 Å². The van der Waals surface area contributed by atoms with E-state index in [4.69, 9.17) is 10.5 Å². The molecule has 7 heteroatoms. The molecule has 2 aliphatic carbocycles. The molecule has 0 spiro atoms. The van der Waals surface area contributed by atoms with E-state index in [2.05, 4.69) is 15.2 Å². The van der Waals surface area contributed by atoms with Crippen molar-refractivity contribution in [2.24, 2.45) is 18.7 Å². The fraction of sp³-hybridized carbons (Fsp3) is 0.435. The number of carbonyl (C=O) groups is 2. The van der Waals surface area contributed by atoms with Gasteiger partial charge in [0.2, 0.25) is 6.73 Å². The molecular formula is C23H27N4O3+. The number of ether oxygens (including phenoxy) is 1. The van der Waals surface area contributed by atoms with Gasteiger partial charge in [-0.25, -0.2) is 9.36 Å². The normalized spacial score (nSPS) is 19.7. The lowest BCUT2D eigenvalue weighted by atomic mass is 9.85. The number of para-hydroxylation sites is 1. The van der Waals surface area contributed by atoms with E-state index in [1.54, 1.807) is 0 Å².